The van der Waals surface area contributed by atoms with Gasteiger partial charge in [-0.3, -0.25) is 4.79 Å². The Bertz CT molecular complexity index is 542. The number of urea groups is 1. The minimum absolute atomic E-state index is 0.0653. The van der Waals surface area contributed by atoms with Crippen molar-refractivity contribution in [1.82, 2.24) is 10.2 Å². The number of hydrogen-bond acceptors (Lipinski definition) is 2. The van der Waals surface area contributed by atoms with E-state index in [2.05, 4.69) is 12.2 Å². The minimum Gasteiger partial charge on any atom is -0.333 e. The predicted octanol–water partition coefficient (Wildman–Crippen LogP) is 2.93. The van der Waals surface area contributed by atoms with Gasteiger partial charge in [0.15, 0.2) is 0 Å². The summed E-state index contributed by atoms with van der Waals surface area (Å²) >= 11 is 0. The van der Waals surface area contributed by atoms with E-state index in [1.807, 2.05) is 43.0 Å². The number of benzene rings is 1. The van der Waals surface area contributed by atoms with Crippen LogP contribution in [0.15, 0.2) is 24.3 Å². The van der Waals surface area contributed by atoms with Crippen LogP contribution in [0, 0.1) is 6.92 Å². The molecule has 1 aliphatic heterocycles. The van der Waals surface area contributed by atoms with E-state index in [1.165, 1.54) is 5.56 Å². The molecule has 1 N–H and O–H groups in total. The first-order valence-corrected chi connectivity index (χ1v) is 8.47. The molecule has 5 nitrogen and oxygen atoms in total. The molecule has 3 amide bonds. The van der Waals surface area contributed by atoms with Crippen LogP contribution in [0.2, 0.25) is 0 Å². The Labute approximate surface area is 138 Å². The Hall–Kier alpha value is -2.04. The lowest BCUT2D eigenvalue weighted by Crippen LogP contribution is -2.46. The molecule has 23 heavy (non-hydrogen) atoms. The van der Waals surface area contributed by atoms with E-state index in [4.69, 9.17) is 0 Å². The summed E-state index contributed by atoms with van der Waals surface area (Å²) in [5.74, 6) is 0.0655. The van der Waals surface area contributed by atoms with Crippen LogP contribution in [0.25, 0.3) is 0 Å². The number of rotatable bonds is 6. The van der Waals surface area contributed by atoms with E-state index in [0.717, 1.165) is 25.1 Å². The zero-order valence-electron chi connectivity index (χ0n) is 14.3. The average molecular weight is 317 g/mol. The molecule has 1 fully saturated rings. The first-order valence-electron chi connectivity index (χ1n) is 8.47. The predicted molar refractivity (Wildman–Crippen MR) is 92.6 cm³/mol. The van der Waals surface area contributed by atoms with Gasteiger partial charge in [-0.2, -0.15) is 0 Å². The lowest BCUT2D eigenvalue weighted by molar-refractivity contribution is -0.117. The first kappa shape index (κ1) is 17.3. The number of carbonyl (C=O) groups excluding carboxylic acids is 2. The summed E-state index contributed by atoms with van der Waals surface area (Å²) in [7, 11) is 0. The zero-order chi connectivity index (χ0) is 16.8. The fraction of sp³-hybridized carbons (Fsp3) is 0.556. The molecule has 1 aromatic rings. The maximum absolute atomic E-state index is 12.3. The summed E-state index contributed by atoms with van der Waals surface area (Å²) in [6.07, 6.45) is 2.43. The molecule has 0 aliphatic carbocycles. The van der Waals surface area contributed by atoms with Crippen molar-refractivity contribution in [1.29, 1.82) is 0 Å². The highest BCUT2D eigenvalue weighted by Gasteiger charge is 2.32. The molecule has 0 radical (unpaired) electrons. The van der Waals surface area contributed by atoms with E-state index >= 15 is 0 Å². The highest BCUT2D eigenvalue weighted by molar-refractivity contribution is 5.96. The molecule has 1 saturated heterocycles. The molecule has 5 heteroatoms. The first-order chi connectivity index (χ1) is 11.0. The van der Waals surface area contributed by atoms with Crippen LogP contribution in [-0.4, -0.2) is 42.5 Å². The summed E-state index contributed by atoms with van der Waals surface area (Å²) in [6, 6.07) is 7.72. The van der Waals surface area contributed by atoms with Crippen LogP contribution in [-0.2, 0) is 4.79 Å². The zero-order valence-corrected chi connectivity index (χ0v) is 14.3. The summed E-state index contributed by atoms with van der Waals surface area (Å²) in [5, 5.41) is 3.00. The lowest BCUT2D eigenvalue weighted by atomic mass is 10.2. The Kier molecular flexibility index (Phi) is 6.02. The third kappa shape index (κ3) is 4.47. The molecular weight excluding hydrogens is 290 g/mol. The Morgan fingerprint density at radius 2 is 2.00 bits per heavy atom. The Balaban J connectivity index is 1.94. The molecule has 1 aliphatic rings. The molecule has 2 rings (SSSR count). The monoisotopic (exact) mass is 317 g/mol. The fourth-order valence-corrected chi connectivity index (χ4v) is 2.80. The summed E-state index contributed by atoms with van der Waals surface area (Å²) < 4.78 is 0. The van der Waals surface area contributed by atoms with E-state index in [9.17, 15) is 9.59 Å². The largest absolute Gasteiger partial charge is 0.333 e. The van der Waals surface area contributed by atoms with Gasteiger partial charge in [0, 0.05) is 31.7 Å². The average Bonchev–Trinajstić information content (AvgIpc) is 2.89. The minimum atomic E-state index is -0.119. The van der Waals surface area contributed by atoms with Crippen molar-refractivity contribution in [2.45, 2.75) is 46.1 Å². The molecule has 0 bridgehead atoms. The van der Waals surface area contributed by atoms with Crippen molar-refractivity contribution in [3.05, 3.63) is 29.8 Å². The number of carbonyl (C=O) groups is 2. The van der Waals surface area contributed by atoms with E-state index in [1.54, 1.807) is 4.90 Å². The van der Waals surface area contributed by atoms with Crippen molar-refractivity contribution in [3.63, 3.8) is 0 Å². The van der Waals surface area contributed by atoms with E-state index in [-0.39, 0.29) is 18.0 Å². The molecular formula is C18H27N3O2. The SMILES string of the molecule is CCCCN(CC)C(=O)NC1CC(=O)N(c2ccc(C)cc2)C1. The maximum atomic E-state index is 12.3. The Morgan fingerprint density at radius 1 is 1.30 bits per heavy atom. The van der Waals surface area contributed by atoms with Gasteiger partial charge < -0.3 is 15.1 Å². The normalized spacial score (nSPS) is 17.4. The van der Waals surface area contributed by atoms with Crippen molar-refractivity contribution >= 4 is 17.6 Å². The van der Waals surface area contributed by atoms with Gasteiger partial charge in [-0.15, -0.1) is 0 Å². The van der Waals surface area contributed by atoms with Crippen LogP contribution in [0.4, 0.5) is 10.5 Å². The summed E-state index contributed by atoms with van der Waals surface area (Å²) in [5.41, 5.74) is 2.07. The Morgan fingerprint density at radius 3 is 2.61 bits per heavy atom. The summed E-state index contributed by atoms with van der Waals surface area (Å²) in [4.78, 5) is 28.1. The third-order valence-electron chi connectivity index (χ3n) is 4.25. The number of aryl methyl sites for hydroxylation is 1. The van der Waals surface area contributed by atoms with Crippen LogP contribution in [0.5, 0.6) is 0 Å². The molecule has 1 heterocycles. The van der Waals surface area contributed by atoms with Crippen molar-refractivity contribution in [2.75, 3.05) is 24.5 Å². The molecule has 1 atom stereocenters. The molecule has 126 valence electrons. The summed E-state index contributed by atoms with van der Waals surface area (Å²) in [6.45, 7) is 8.11. The quantitative estimate of drug-likeness (QED) is 0.877. The second-order valence-corrected chi connectivity index (χ2v) is 6.12. The number of anilines is 1. The highest BCUT2D eigenvalue weighted by atomic mass is 16.2. The molecule has 0 aromatic heterocycles. The standard InChI is InChI=1S/C18H27N3O2/c1-4-6-11-20(5-2)18(23)19-15-12-17(22)21(13-15)16-9-7-14(3)8-10-16/h7-10,15H,4-6,11-13H2,1-3H3,(H,19,23). The van der Waals surface area contributed by atoms with Gasteiger partial charge in [0.2, 0.25) is 5.91 Å². The molecule has 0 spiro atoms. The second-order valence-electron chi connectivity index (χ2n) is 6.12. The number of amides is 3. The van der Waals surface area contributed by atoms with Crippen molar-refractivity contribution in [3.8, 4) is 0 Å². The van der Waals surface area contributed by atoms with Gasteiger partial charge >= 0.3 is 6.03 Å². The van der Waals surface area contributed by atoms with Gasteiger partial charge in [0.1, 0.15) is 0 Å². The second kappa shape index (κ2) is 7.99. The van der Waals surface area contributed by atoms with Crippen LogP contribution >= 0.6 is 0 Å². The van der Waals surface area contributed by atoms with Gasteiger partial charge in [0.25, 0.3) is 0 Å². The van der Waals surface area contributed by atoms with Crippen LogP contribution in [0.1, 0.15) is 38.7 Å². The van der Waals surface area contributed by atoms with Crippen molar-refractivity contribution < 1.29 is 9.59 Å². The molecule has 1 aromatic carbocycles. The highest BCUT2D eigenvalue weighted by Crippen LogP contribution is 2.22. The van der Waals surface area contributed by atoms with Gasteiger partial charge in [-0.1, -0.05) is 31.0 Å². The topological polar surface area (TPSA) is 52.7 Å². The fourth-order valence-electron chi connectivity index (χ4n) is 2.80. The molecule has 1 unspecified atom stereocenters. The lowest BCUT2D eigenvalue weighted by Gasteiger charge is -2.23. The number of unbranched alkanes of at least 4 members (excludes halogenated alkanes) is 1. The smallest absolute Gasteiger partial charge is 0.317 e. The molecule has 0 saturated carbocycles. The van der Waals surface area contributed by atoms with Gasteiger partial charge in [-0.25, -0.2) is 4.79 Å². The van der Waals surface area contributed by atoms with Gasteiger partial charge in [-0.05, 0) is 32.4 Å². The third-order valence-corrected chi connectivity index (χ3v) is 4.25. The number of hydrogen-bond donors (Lipinski definition) is 1. The number of nitrogens with zero attached hydrogens (tertiary/aromatic N) is 2. The number of nitrogens with one attached hydrogen (secondary N) is 1. The van der Waals surface area contributed by atoms with E-state index in [0.29, 0.717) is 19.5 Å². The van der Waals surface area contributed by atoms with Crippen molar-refractivity contribution in [2.24, 2.45) is 0 Å². The van der Waals surface area contributed by atoms with Gasteiger partial charge in [0.05, 0.1) is 6.04 Å². The maximum Gasteiger partial charge on any atom is 0.317 e. The van der Waals surface area contributed by atoms with Crippen LogP contribution < -0.4 is 10.2 Å². The van der Waals surface area contributed by atoms with E-state index < -0.39 is 0 Å². The van der Waals surface area contributed by atoms with Crippen LogP contribution in [0.3, 0.4) is 0 Å².